The Morgan fingerprint density at radius 3 is 2.47 bits per heavy atom. The van der Waals surface area contributed by atoms with E-state index >= 15 is 0 Å². The van der Waals surface area contributed by atoms with Crippen LogP contribution < -0.4 is 4.90 Å². The number of halogens is 3. The van der Waals surface area contributed by atoms with Crippen LogP contribution in [-0.4, -0.2) is 87.4 Å². The van der Waals surface area contributed by atoms with Gasteiger partial charge in [0, 0.05) is 39.8 Å². The van der Waals surface area contributed by atoms with E-state index in [-0.39, 0.29) is 19.0 Å². The van der Waals surface area contributed by atoms with Gasteiger partial charge in [-0.1, -0.05) is 13.8 Å². The lowest BCUT2D eigenvalue weighted by Gasteiger charge is -2.36. The van der Waals surface area contributed by atoms with Crippen LogP contribution in [0.3, 0.4) is 0 Å². The molecule has 0 N–H and O–H groups in total. The number of amides is 1. The number of hydrogen-bond acceptors (Lipinski definition) is 6. The van der Waals surface area contributed by atoms with Crippen LogP contribution in [0.5, 0.6) is 0 Å². The molecule has 1 saturated heterocycles. The molecule has 0 bridgehead atoms. The maximum atomic E-state index is 12.9. The van der Waals surface area contributed by atoms with Crippen molar-refractivity contribution in [1.29, 1.82) is 0 Å². The Labute approximate surface area is 173 Å². The minimum absolute atomic E-state index is 0.0122. The second kappa shape index (κ2) is 8.75. The van der Waals surface area contributed by atoms with Crippen molar-refractivity contribution in [2.45, 2.75) is 26.9 Å². The summed E-state index contributed by atoms with van der Waals surface area (Å²) in [5, 5.41) is 5.12. The lowest BCUT2D eigenvalue weighted by atomic mass is 10.2. The summed E-state index contributed by atoms with van der Waals surface area (Å²) in [5.41, 5.74) is 0.756. The summed E-state index contributed by atoms with van der Waals surface area (Å²) in [6.45, 7) is 6.69. The van der Waals surface area contributed by atoms with E-state index in [2.05, 4.69) is 20.0 Å². The van der Waals surface area contributed by atoms with Gasteiger partial charge in [0.05, 0.1) is 18.1 Å². The first-order chi connectivity index (χ1) is 14.0. The Kier molecular flexibility index (Phi) is 6.49. The average Bonchev–Trinajstić information content (AvgIpc) is 3.00. The molecule has 3 rings (SSSR count). The summed E-state index contributed by atoms with van der Waals surface area (Å²) in [6, 6.07) is 0. The molecular weight excluding hydrogens is 399 g/mol. The van der Waals surface area contributed by atoms with E-state index in [1.165, 1.54) is 0 Å². The maximum absolute atomic E-state index is 12.9. The molecule has 0 atom stereocenters. The Morgan fingerprint density at radius 2 is 1.87 bits per heavy atom. The van der Waals surface area contributed by atoms with Crippen molar-refractivity contribution in [1.82, 2.24) is 29.5 Å². The van der Waals surface area contributed by atoms with Gasteiger partial charge in [0.25, 0.3) is 0 Å². The number of anilines is 1. The summed E-state index contributed by atoms with van der Waals surface area (Å²) < 4.78 is 40.3. The van der Waals surface area contributed by atoms with Crippen LogP contribution in [0.4, 0.5) is 19.0 Å². The van der Waals surface area contributed by atoms with Crippen LogP contribution in [0.1, 0.15) is 19.7 Å². The topological polar surface area (TPSA) is 70.4 Å². The molecule has 0 aliphatic carbocycles. The molecule has 1 fully saturated rings. The molecule has 1 aliphatic heterocycles. The van der Waals surface area contributed by atoms with E-state index in [0.717, 1.165) is 21.8 Å². The van der Waals surface area contributed by atoms with Crippen LogP contribution in [-0.2, 0) is 11.8 Å². The van der Waals surface area contributed by atoms with Crippen molar-refractivity contribution in [2.75, 3.05) is 50.7 Å². The predicted octanol–water partition coefficient (Wildman–Crippen LogP) is 1.84. The number of nitrogens with zero attached hydrogens (tertiary/aromatic N) is 7. The van der Waals surface area contributed by atoms with Crippen LogP contribution >= 0.6 is 0 Å². The number of carbonyl (C=O) groups excluding carboxylic acids is 1. The summed E-state index contributed by atoms with van der Waals surface area (Å²) in [5.74, 6) is 0.934. The van der Waals surface area contributed by atoms with Gasteiger partial charge in [-0.15, -0.1) is 0 Å². The summed E-state index contributed by atoms with van der Waals surface area (Å²) in [7, 11) is 1.83. The Balaban J connectivity index is 1.63. The Hall–Kier alpha value is -2.43. The van der Waals surface area contributed by atoms with Crippen molar-refractivity contribution < 1.29 is 18.0 Å². The summed E-state index contributed by atoms with van der Waals surface area (Å²) in [6.07, 6.45) is -2.66. The number of alkyl halides is 3. The molecule has 11 heteroatoms. The largest absolute Gasteiger partial charge is 0.406 e. The van der Waals surface area contributed by atoms with Gasteiger partial charge in [-0.2, -0.15) is 18.3 Å². The van der Waals surface area contributed by atoms with Gasteiger partial charge in [0.2, 0.25) is 5.91 Å². The molecule has 0 spiro atoms. The highest BCUT2D eigenvalue weighted by Crippen LogP contribution is 2.24. The molecule has 0 radical (unpaired) electrons. The van der Waals surface area contributed by atoms with Crippen molar-refractivity contribution in [2.24, 2.45) is 13.0 Å². The van der Waals surface area contributed by atoms with Crippen molar-refractivity contribution in [3.05, 3.63) is 12.0 Å². The number of aromatic nitrogens is 4. The van der Waals surface area contributed by atoms with Gasteiger partial charge in [0.1, 0.15) is 18.2 Å². The SMILES string of the molecule is Cc1nc(N2CCN(CC(=O)N(CC(C)C)CC(F)(F)F)CC2)c2cnn(C)c2n1. The maximum Gasteiger partial charge on any atom is 0.406 e. The smallest absolute Gasteiger partial charge is 0.353 e. The van der Waals surface area contributed by atoms with E-state index in [1.54, 1.807) is 24.7 Å². The van der Waals surface area contributed by atoms with E-state index in [1.807, 2.05) is 18.9 Å². The third-order valence-electron chi connectivity index (χ3n) is 5.02. The minimum atomic E-state index is -4.40. The van der Waals surface area contributed by atoms with E-state index < -0.39 is 18.6 Å². The normalized spacial score (nSPS) is 15.9. The molecule has 0 aromatic carbocycles. The van der Waals surface area contributed by atoms with Gasteiger partial charge < -0.3 is 9.80 Å². The second-order valence-electron chi connectivity index (χ2n) is 8.15. The highest BCUT2D eigenvalue weighted by atomic mass is 19.4. The van der Waals surface area contributed by atoms with Gasteiger partial charge in [-0.25, -0.2) is 9.97 Å². The monoisotopic (exact) mass is 427 g/mol. The van der Waals surface area contributed by atoms with Crippen LogP contribution in [0.25, 0.3) is 11.0 Å². The first-order valence-corrected chi connectivity index (χ1v) is 10.0. The average molecular weight is 427 g/mol. The fourth-order valence-corrected chi connectivity index (χ4v) is 3.68. The van der Waals surface area contributed by atoms with Crippen molar-refractivity contribution in [3.63, 3.8) is 0 Å². The molecule has 3 heterocycles. The zero-order valence-electron chi connectivity index (χ0n) is 17.8. The lowest BCUT2D eigenvalue weighted by Crippen LogP contribution is -2.51. The fourth-order valence-electron chi connectivity index (χ4n) is 3.68. The molecule has 2 aromatic heterocycles. The van der Waals surface area contributed by atoms with Gasteiger partial charge in [0.15, 0.2) is 5.65 Å². The molecule has 1 aliphatic rings. The molecule has 0 saturated carbocycles. The highest BCUT2D eigenvalue weighted by Gasteiger charge is 2.34. The van der Waals surface area contributed by atoms with Crippen molar-refractivity contribution >= 4 is 22.8 Å². The molecule has 8 nitrogen and oxygen atoms in total. The number of piperazine rings is 1. The Bertz CT molecular complexity index is 888. The Morgan fingerprint density at radius 1 is 1.20 bits per heavy atom. The van der Waals surface area contributed by atoms with Gasteiger partial charge >= 0.3 is 6.18 Å². The quantitative estimate of drug-likeness (QED) is 0.701. The zero-order valence-corrected chi connectivity index (χ0v) is 17.8. The van der Waals surface area contributed by atoms with Gasteiger partial charge in [-0.3, -0.25) is 14.4 Å². The van der Waals surface area contributed by atoms with Crippen LogP contribution in [0.15, 0.2) is 6.20 Å². The molecular formula is C19H28F3N7O. The standard InChI is InChI=1S/C19H28F3N7O/c1-13(2)10-29(12-19(20,21)22)16(30)11-27-5-7-28(8-6-27)18-15-9-23-26(4)17(15)24-14(3)25-18/h9,13H,5-8,10-12H2,1-4H3. The van der Waals surface area contributed by atoms with Gasteiger partial charge in [-0.05, 0) is 12.8 Å². The third kappa shape index (κ3) is 5.38. The number of aryl methyl sites for hydroxylation is 2. The van der Waals surface area contributed by atoms with Crippen LogP contribution in [0.2, 0.25) is 0 Å². The van der Waals surface area contributed by atoms with E-state index in [9.17, 15) is 18.0 Å². The molecule has 166 valence electrons. The molecule has 30 heavy (non-hydrogen) atoms. The fraction of sp³-hybridized carbons (Fsp3) is 0.684. The predicted molar refractivity (Wildman–Crippen MR) is 107 cm³/mol. The highest BCUT2D eigenvalue weighted by molar-refractivity contribution is 5.87. The molecule has 0 unspecified atom stereocenters. The minimum Gasteiger partial charge on any atom is -0.353 e. The number of hydrogen-bond donors (Lipinski definition) is 0. The van der Waals surface area contributed by atoms with E-state index in [4.69, 9.17) is 0 Å². The van der Waals surface area contributed by atoms with Crippen LogP contribution in [0, 0.1) is 12.8 Å². The second-order valence-corrected chi connectivity index (χ2v) is 8.15. The number of carbonyl (C=O) groups is 1. The lowest BCUT2D eigenvalue weighted by molar-refractivity contribution is -0.162. The number of rotatable bonds is 6. The number of fused-ring (bicyclic) bond motifs is 1. The summed E-state index contributed by atoms with van der Waals surface area (Å²) >= 11 is 0. The van der Waals surface area contributed by atoms with E-state index in [0.29, 0.717) is 32.0 Å². The zero-order chi connectivity index (χ0) is 22.1. The summed E-state index contributed by atoms with van der Waals surface area (Å²) in [4.78, 5) is 26.5. The first-order valence-electron chi connectivity index (χ1n) is 10.0. The molecule has 1 amide bonds. The first kappa shape index (κ1) is 22.3. The van der Waals surface area contributed by atoms with Crippen molar-refractivity contribution in [3.8, 4) is 0 Å². The third-order valence-corrected chi connectivity index (χ3v) is 5.02. The molecule has 2 aromatic rings.